The van der Waals surface area contributed by atoms with Gasteiger partial charge in [-0.2, -0.15) is 5.10 Å². The second-order valence-electron chi connectivity index (χ2n) is 5.66. The molecule has 0 unspecified atom stereocenters. The summed E-state index contributed by atoms with van der Waals surface area (Å²) in [7, 11) is 0. The Labute approximate surface area is 150 Å². The number of fused-ring (bicyclic) bond motifs is 1. The van der Waals surface area contributed by atoms with Crippen molar-refractivity contribution in [2.45, 2.75) is 6.42 Å². The van der Waals surface area contributed by atoms with E-state index < -0.39 is 0 Å². The van der Waals surface area contributed by atoms with Crippen LogP contribution in [0.1, 0.15) is 5.56 Å². The van der Waals surface area contributed by atoms with Gasteiger partial charge in [0.05, 0.1) is 10.7 Å². The number of aromatic nitrogens is 4. The number of rotatable bonds is 5. The first-order valence-electron chi connectivity index (χ1n) is 8.04. The summed E-state index contributed by atoms with van der Waals surface area (Å²) in [5.74, 6) is 0.826. The van der Waals surface area contributed by atoms with Crippen molar-refractivity contribution in [2.24, 2.45) is 0 Å². The van der Waals surface area contributed by atoms with Crippen LogP contribution in [0.25, 0.3) is 16.9 Å². The zero-order chi connectivity index (χ0) is 17.1. The summed E-state index contributed by atoms with van der Waals surface area (Å²) in [6.07, 6.45) is 6.43. The van der Waals surface area contributed by atoms with Crippen molar-refractivity contribution in [1.29, 1.82) is 0 Å². The van der Waals surface area contributed by atoms with Crippen LogP contribution in [-0.4, -0.2) is 26.1 Å². The number of anilines is 1. The van der Waals surface area contributed by atoms with Gasteiger partial charge in [-0.3, -0.25) is 4.98 Å². The minimum atomic E-state index is 0.682. The molecule has 0 bridgehead atoms. The first-order chi connectivity index (χ1) is 12.3. The summed E-state index contributed by atoms with van der Waals surface area (Å²) in [6.45, 7) is 0.804. The van der Waals surface area contributed by atoms with Crippen LogP contribution >= 0.6 is 11.6 Å². The second-order valence-corrected chi connectivity index (χ2v) is 6.06. The fraction of sp³-hybridized carbons (Fsp3) is 0.105. The van der Waals surface area contributed by atoms with Crippen LogP contribution in [0.15, 0.2) is 67.1 Å². The summed E-state index contributed by atoms with van der Waals surface area (Å²) < 4.78 is 1.76. The largest absolute Gasteiger partial charge is 0.370 e. The van der Waals surface area contributed by atoms with Crippen molar-refractivity contribution in [3.63, 3.8) is 0 Å². The van der Waals surface area contributed by atoms with Gasteiger partial charge in [0.1, 0.15) is 5.82 Å². The van der Waals surface area contributed by atoms with Gasteiger partial charge in [0.15, 0.2) is 5.65 Å². The third-order valence-corrected chi connectivity index (χ3v) is 4.27. The van der Waals surface area contributed by atoms with Crippen molar-refractivity contribution >= 4 is 23.1 Å². The van der Waals surface area contributed by atoms with Gasteiger partial charge in [-0.15, -0.1) is 0 Å². The molecule has 4 aromatic rings. The summed E-state index contributed by atoms with van der Waals surface area (Å²) in [5.41, 5.74) is 3.74. The molecular formula is C19H16ClN5. The van der Waals surface area contributed by atoms with Gasteiger partial charge >= 0.3 is 0 Å². The molecular weight excluding hydrogens is 334 g/mol. The lowest BCUT2D eigenvalue weighted by molar-refractivity contribution is 0.935. The van der Waals surface area contributed by atoms with Gasteiger partial charge in [0.25, 0.3) is 0 Å². The molecule has 3 aromatic heterocycles. The highest BCUT2D eigenvalue weighted by Crippen LogP contribution is 2.27. The molecule has 0 amide bonds. The Balaban J connectivity index is 1.51. The molecule has 6 heteroatoms. The van der Waals surface area contributed by atoms with Crippen molar-refractivity contribution in [3.05, 3.63) is 77.7 Å². The Morgan fingerprint density at radius 1 is 1.04 bits per heavy atom. The van der Waals surface area contributed by atoms with Gasteiger partial charge < -0.3 is 5.32 Å². The molecule has 25 heavy (non-hydrogen) atoms. The Morgan fingerprint density at radius 2 is 1.88 bits per heavy atom. The first-order valence-corrected chi connectivity index (χ1v) is 8.41. The quantitative estimate of drug-likeness (QED) is 0.589. The van der Waals surface area contributed by atoms with Crippen molar-refractivity contribution < 1.29 is 0 Å². The minimum Gasteiger partial charge on any atom is -0.370 e. The lowest BCUT2D eigenvalue weighted by atomic mass is 10.1. The van der Waals surface area contributed by atoms with E-state index in [1.165, 1.54) is 5.56 Å². The number of pyridine rings is 1. The molecule has 0 aliphatic rings. The van der Waals surface area contributed by atoms with Gasteiger partial charge in [0, 0.05) is 36.8 Å². The average molecular weight is 350 g/mol. The predicted molar refractivity (Wildman–Crippen MR) is 99.9 cm³/mol. The highest BCUT2D eigenvalue weighted by Gasteiger charge is 2.09. The van der Waals surface area contributed by atoms with E-state index in [2.05, 4.69) is 20.4 Å². The summed E-state index contributed by atoms with van der Waals surface area (Å²) in [6, 6.07) is 15.6. The topological polar surface area (TPSA) is 55.1 Å². The van der Waals surface area contributed by atoms with Gasteiger partial charge in [-0.05, 0) is 36.2 Å². The van der Waals surface area contributed by atoms with E-state index in [1.54, 1.807) is 4.52 Å². The molecule has 0 aliphatic heterocycles. The molecule has 0 fully saturated rings. The van der Waals surface area contributed by atoms with Crippen molar-refractivity contribution in [3.8, 4) is 11.3 Å². The maximum Gasteiger partial charge on any atom is 0.157 e. The van der Waals surface area contributed by atoms with Crippen LogP contribution in [0.4, 0.5) is 5.82 Å². The first kappa shape index (κ1) is 15.6. The normalized spacial score (nSPS) is 10.9. The standard InChI is InChI=1S/C19H16ClN5/c20-16-4-2-1-3-15(16)17-13-19-23-18(8-12-25(19)24-17)22-11-7-14-5-9-21-10-6-14/h1-6,8-10,12-13H,7,11H2,(H,22,23). The maximum atomic E-state index is 6.26. The average Bonchev–Trinajstić information content (AvgIpc) is 3.06. The van der Waals surface area contributed by atoms with E-state index in [9.17, 15) is 0 Å². The third-order valence-electron chi connectivity index (χ3n) is 3.94. The van der Waals surface area contributed by atoms with E-state index in [0.717, 1.165) is 35.7 Å². The summed E-state index contributed by atoms with van der Waals surface area (Å²) >= 11 is 6.26. The number of benzene rings is 1. The van der Waals surface area contributed by atoms with Crippen LogP contribution in [0.5, 0.6) is 0 Å². The van der Waals surface area contributed by atoms with Crippen molar-refractivity contribution in [1.82, 2.24) is 19.6 Å². The third kappa shape index (κ3) is 3.46. The zero-order valence-corrected chi connectivity index (χ0v) is 14.2. The molecule has 5 nitrogen and oxygen atoms in total. The molecule has 0 aliphatic carbocycles. The van der Waals surface area contributed by atoms with Crippen LogP contribution in [-0.2, 0) is 6.42 Å². The number of hydrogen-bond acceptors (Lipinski definition) is 4. The SMILES string of the molecule is Clc1ccccc1-c1cc2nc(NCCc3ccncc3)ccn2n1. The van der Waals surface area contributed by atoms with Crippen molar-refractivity contribution in [2.75, 3.05) is 11.9 Å². The molecule has 4 rings (SSSR count). The predicted octanol–water partition coefficient (Wildman–Crippen LogP) is 4.10. The lowest BCUT2D eigenvalue weighted by Gasteiger charge is -2.05. The zero-order valence-electron chi connectivity index (χ0n) is 13.4. The highest BCUT2D eigenvalue weighted by molar-refractivity contribution is 6.33. The molecule has 0 spiro atoms. The fourth-order valence-electron chi connectivity index (χ4n) is 2.66. The van der Waals surface area contributed by atoms with Crippen LogP contribution in [0.2, 0.25) is 5.02 Å². The molecule has 3 heterocycles. The maximum absolute atomic E-state index is 6.26. The monoisotopic (exact) mass is 349 g/mol. The van der Waals surface area contributed by atoms with E-state index in [4.69, 9.17) is 11.6 Å². The van der Waals surface area contributed by atoms with Gasteiger partial charge in [0.2, 0.25) is 0 Å². The number of halogens is 1. The molecule has 1 aromatic carbocycles. The fourth-order valence-corrected chi connectivity index (χ4v) is 2.90. The number of hydrogen-bond donors (Lipinski definition) is 1. The van der Waals surface area contributed by atoms with Gasteiger partial charge in [-0.1, -0.05) is 29.8 Å². The smallest absolute Gasteiger partial charge is 0.157 e. The molecule has 0 saturated heterocycles. The summed E-state index contributed by atoms with van der Waals surface area (Å²) in [5, 5.41) is 8.58. The lowest BCUT2D eigenvalue weighted by Crippen LogP contribution is -2.07. The Morgan fingerprint density at radius 3 is 2.72 bits per heavy atom. The van der Waals surface area contributed by atoms with Crippen LogP contribution in [0.3, 0.4) is 0 Å². The molecule has 124 valence electrons. The Hall–Kier alpha value is -2.92. The second kappa shape index (κ2) is 6.91. The van der Waals surface area contributed by atoms with E-state index in [-0.39, 0.29) is 0 Å². The number of nitrogens with zero attached hydrogens (tertiary/aromatic N) is 4. The van der Waals surface area contributed by atoms with E-state index >= 15 is 0 Å². The summed E-state index contributed by atoms with van der Waals surface area (Å²) in [4.78, 5) is 8.64. The Kier molecular flexibility index (Phi) is 4.31. The Bertz CT molecular complexity index is 997. The van der Waals surface area contributed by atoms with Crippen LogP contribution in [0, 0.1) is 0 Å². The van der Waals surface area contributed by atoms with E-state index in [0.29, 0.717) is 5.02 Å². The minimum absolute atomic E-state index is 0.682. The van der Waals surface area contributed by atoms with Gasteiger partial charge in [-0.25, -0.2) is 9.50 Å². The number of nitrogens with one attached hydrogen (secondary N) is 1. The molecule has 0 atom stereocenters. The van der Waals surface area contributed by atoms with Crippen LogP contribution < -0.4 is 5.32 Å². The highest BCUT2D eigenvalue weighted by atomic mass is 35.5. The molecule has 0 radical (unpaired) electrons. The molecule has 0 saturated carbocycles. The molecule has 1 N–H and O–H groups in total. The van der Waals surface area contributed by atoms with E-state index in [1.807, 2.05) is 67.1 Å².